The molecule has 0 amide bonds. The van der Waals surface area contributed by atoms with E-state index < -0.39 is 0 Å². The zero-order chi connectivity index (χ0) is 12.9. The summed E-state index contributed by atoms with van der Waals surface area (Å²) in [6, 6.07) is 11.0. The fourth-order valence-corrected chi connectivity index (χ4v) is 3.72. The molecule has 0 bridgehead atoms. The summed E-state index contributed by atoms with van der Waals surface area (Å²) in [6.45, 7) is 6.80. The number of hydrogen-bond donors (Lipinski definition) is 0. The van der Waals surface area contributed by atoms with Crippen molar-refractivity contribution < 1.29 is 4.57 Å². The highest BCUT2D eigenvalue weighted by Gasteiger charge is 2.25. The van der Waals surface area contributed by atoms with Crippen molar-refractivity contribution >= 4 is 31.5 Å². The molecular formula is C16H18NS+. The Balaban J connectivity index is 2.43. The van der Waals surface area contributed by atoms with Gasteiger partial charge in [-0.3, -0.25) is 0 Å². The molecule has 1 aromatic carbocycles. The van der Waals surface area contributed by atoms with Crippen LogP contribution >= 0.6 is 11.3 Å². The van der Waals surface area contributed by atoms with Gasteiger partial charge in [-0.15, -0.1) is 11.3 Å². The highest BCUT2D eigenvalue weighted by atomic mass is 32.1. The van der Waals surface area contributed by atoms with Crippen LogP contribution in [-0.2, 0) is 12.5 Å². The molecule has 0 unspecified atom stereocenters. The first-order valence-corrected chi connectivity index (χ1v) is 7.10. The molecular weight excluding hydrogens is 238 g/mol. The maximum atomic E-state index is 2.36. The topological polar surface area (TPSA) is 3.88 Å². The second-order valence-corrected chi connectivity index (χ2v) is 6.98. The Kier molecular flexibility index (Phi) is 2.46. The van der Waals surface area contributed by atoms with Gasteiger partial charge in [0, 0.05) is 27.0 Å². The summed E-state index contributed by atoms with van der Waals surface area (Å²) in [5, 5.41) is 2.77. The summed E-state index contributed by atoms with van der Waals surface area (Å²) in [7, 11) is 2.14. The Labute approximate surface area is 112 Å². The van der Waals surface area contributed by atoms with E-state index in [2.05, 4.69) is 68.9 Å². The van der Waals surface area contributed by atoms with Crippen LogP contribution in [0.4, 0.5) is 0 Å². The van der Waals surface area contributed by atoms with E-state index >= 15 is 0 Å². The number of hydrogen-bond acceptors (Lipinski definition) is 1. The third-order valence-corrected chi connectivity index (χ3v) is 4.52. The minimum atomic E-state index is 0.173. The van der Waals surface area contributed by atoms with E-state index in [4.69, 9.17) is 0 Å². The lowest BCUT2D eigenvalue weighted by Crippen LogP contribution is -2.39. The Morgan fingerprint density at radius 1 is 1.00 bits per heavy atom. The first-order valence-electron chi connectivity index (χ1n) is 6.28. The molecule has 3 aromatic rings. The highest BCUT2D eigenvalue weighted by Crippen LogP contribution is 2.34. The van der Waals surface area contributed by atoms with Gasteiger partial charge < -0.3 is 0 Å². The van der Waals surface area contributed by atoms with Crippen LogP contribution in [0.2, 0.25) is 0 Å². The quantitative estimate of drug-likeness (QED) is 0.531. The number of aromatic nitrogens is 1. The number of fused-ring (bicyclic) bond motifs is 3. The molecule has 3 rings (SSSR count). The molecule has 0 aliphatic heterocycles. The van der Waals surface area contributed by atoms with Crippen molar-refractivity contribution in [3.63, 3.8) is 0 Å². The largest absolute Gasteiger partial charge is 0.203 e. The highest BCUT2D eigenvalue weighted by molar-refractivity contribution is 7.25. The van der Waals surface area contributed by atoms with E-state index in [0.717, 1.165) is 0 Å². The van der Waals surface area contributed by atoms with Gasteiger partial charge in [0.2, 0.25) is 0 Å². The average molecular weight is 256 g/mol. The molecule has 2 aromatic heterocycles. The van der Waals surface area contributed by atoms with Gasteiger partial charge in [-0.25, -0.2) is 4.57 Å². The van der Waals surface area contributed by atoms with Gasteiger partial charge in [-0.1, -0.05) is 39.0 Å². The molecule has 2 heterocycles. The molecule has 0 aliphatic rings. The fraction of sp³-hybridized carbons (Fsp3) is 0.312. The zero-order valence-corrected chi connectivity index (χ0v) is 12.1. The molecule has 2 heteroatoms. The molecule has 0 fully saturated rings. The van der Waals surface area contributed by atoms with Crippen LogP contribution in [-0.4, -0.2) is 0 Å². The Bertz CT molecular complexity index is 732. The van der Waals surface area contributed by atoms with Gasteiger partial charge in [0.1, 0.15) is 7.05 Å². The van der Waals surface area contributed by atoms with Crippen molar-refractivity contribution in [3.8, 4) is 0 Å². The average Bonchev–Trinajstić information content (AvgIpc) is 2.63. The van der Waals surface area contributed by atoms with E-state index in [9.17, 15) is 0 Å². The van der Waals surface area contributed by atoms with Gasteiger partial charge >= 0.3 is 0 Å². The molecule has 0 saturated heterocycles. The molecule has 92 valence electrons. The van der Waals surface area contributed by atoms with Crippen LogP contribution in [0.15, 0.2) is 36.5 Å². The SMILES string of the molecule is C[n+]1cc2sc3ccccc3c2cc1C(C)(C)C. The third-order valence-electron chi connectivity index (χ3n) is 3.40. The van der Waals surface area contributed by atoms with Crippen LogP contribution in [0.25, 0.3) is 20.2 Å². The van der Waals surface area contributed by atoms with Gasteiger partial charge in [0.25, 0.3) is 0 Å². The van der Waals surface area contributed by atoms with E-state index in [1.807, 2.05) is 11.3 Å². The summed E-state index contributed by atoms with van der Waals surface area (Å²) >= 11 is 1.87. The van der Waals surface area contributed by atoms with E-state index in [0.29, 0.717) is 0 Å². The smallest absolute Gasteiger partial charge is 0.187 e. The number of rotatable bonds is 0. The van der Waals surface area contributed by atoms with Crippen molar-refractivity contribution in [2.45, 2.75) is 26.2 Å². The first kappa shape index (κ1) is 11.7. The first-order chi connectivity index (χ1) is 8.47. The summed E-state index contributed by atoms with van der Waals surface area (Å²) in [6.07, 6.45) is 2.26. The Morgan fingerprint density at radius 3 is 2.44 bits per heavy atom. The van der Waals surface area contributed by atoms with Crippen molar-refractivity contribution in [2.75, 3.05) is 0 Å². The Hall–Kier alpha value is -1.41. The molecule has 1 nitrogen and oxygen atoms in total. The summed E-state index contributed by atoms with van der Waals surface area (Å²) < 4.78 is 5.00. The van der Waals surface area contributed by atoms with Gasteiger partial charge in [0.05, 0.1) is 4.70 Å². The second kappa shape index (κ2) is 3.79. The molecule has 0 atom stereocenters. The molecule has 18 heavy (non-hydrogen) atoms. The second-order valence-electron chi connectivity index (χ2n) is 5.90. The monoisotopic (exact) mass is 256 g/mol. The lowest BCUT2D eigenvalue weighted by atomic mass is 9.90. The summed E-state index contributed by atoms with van der Waals surface area (Å²) in [5.74, 6) is 0. The fourth-order valence-electron chi connectivity index (χ4n) is 2.56. The van der Waals surface area contributed by atoms with Crippen LogP contribution < -0.4 is 4.57 Å². The lowest BCUT2D eigenvalue weighted by molar-refractivity contribution is -0.681. The van der Waals surface area contributed by atoms with Crippen molar-refractivity contribution in [1.29, 1.82) is 0 Å². The minimum Gasteiger partial charge on any atom is -0.203 e. The molecule has 0 N–H and O–H groups in total. The summed E-state index contributed by atoms with van der Waals surface area (Å²) in [5.41, 5.74) is 1.55. The predicted octanol–water partition coefficient (Wildman–Crippen LogP) is 4.18. The number of benzene rings is 1. The van der Waals surface area contributed by atoms with Crippen LogP contribution in [0.1, 0.15) is 26.5 Å². The van der Waals surface area contributed by atoms with Crippen molar-refractivity contribution in [2.24, 2.45) is 7.05 Å². The van der Waals surface area contributed by atoms with E-state index in [1.54, 1.807) is 0 Å². The molecule has 0 spiro atoms. The van der Waals surface area contributed by atoms with Crippen molar-refractivity contribution in [1.82, 2.24) is 0 Å². The van der Waals surface area contributed by atoms with E-state index in [1.165, 1.54) is 25.9 Å². The van der Waals surface area contributed by atoms with Crippen LogP contribution in [0.5, 0.6) is 0 Å². The maximum Gasteiger partial charge on any atom is 0.187 e. The number of thiophene rings is 1. The van der Waals surface area contributed by atoms with Crippen molar-refractivity contribution in [3.05, 3.63) is 42.2 Å². The molecule has 0 radical (unpaired) electrons. The number of nitrogens with zero attached hydrogens (tertiary/aromatic N) is 1. The Morgan fingerprint density at radius 2 is 1.72 bits per heavy atom. The zero-order valence-electron chi connectivity index (χ0n) is 11.3. The third kappa shape index (κ3) is 1.72. The predicted molar refractivity (Wildman–Crippen MR) is 79.2 cm³/mol. The molecule has 0 saturated carbocycles. The molecule has 0 aliphatic carbocycles. The normalized spacial score (nSPS) is 12.4. The van der Waals surface area contributed by atoms with Gasteiger partial charge in [0.15, 0.2) is 11.9 Å². The summed E-state index contributed by atoms with van der Waals surface area (Å²) in [4.78, 5) is 0. The van der Waals surface area contributed by atoms with E-state index in [-0.39, 0.29) is 5.41 Å². The minimum absolute atomic E-state index is 0.173. The van der Waals surface area contributed by atoms with Crippen LogP contribution in [0.3, 0.4) is 0 Å². The maximum absolute atomic E-state index is 2.36. The number of pyridine rings is 1. The number of aryl methyl sites for hydroxylation is 1. The van der Waals surface area contributed by atoms with Crippen LogP contribution in [0, 0.1) is 0 Å². The standard InChI is InChI=1S/C16H18NS/c1-16(2,3)15-9-12-11-7-5-6-8-13(11)18-14(12)10-17(15)4/h5-10H,1-4H3/q+1. The lowest BCUT2D eigenvalue weighted by Gasteiger charge is -2.15. The van der Waals surface area contributed by atoms with Gasteiger partial charge in [-0.05, 0) is 6.07 Å². The van der Waals surface area contributed by atoms with Gasteiger partial charge in [-0.2, -0.15) is 0 Å².